The van der Waals surface area contributed by atoms with E-state index in [0.29, 0.717) is 55.2 Å². The summed E-state index contributed by atoms with van der Waals surface area (Å²) in [7, 11) is 0. The Bertz CT molecular complexity index is 1910. The standard InChI is InChI=1S/C38H44N8O4/c1-38(29-6-4-7-31-35(29)50-20-19-45(31)32-9-10-34(48)41-37(32)49)15-11-25(12-16-38)44-17-13-26(14-18-44)46-23-24(22-40-46)28-21-30(42-43-36(28)39)27-5-2-3-8-33(27)47/h2-8,21-23,25-26,32,47H,9-20H2,1H3,(H2,39,43)(H,41,48,49)/t25?,32-,38?/m0/s1. The van der Waals surface area contributed by atoms with Crippen LogP contribution in [-0.4, -0.2) is 80.1 Å². The first-order valence-corrected chi connectivity index (χ1v) is 17.8. The van der Waals surface area contributed by atoms with Crippen molar-refractivity contribution in [3.63, 3.8) is 0 Å². The van der Waals surface area contributed by atoms with Crippen molar-refractivity contribution in [3.05, 3.63) is 66.5 Å². The van der Waals surface area contributed by atoms with Crippen molar-refractivity contribution in [1.29, 1.82) is 0 Å². The molecule has 0 bridgehead atoms. The second kappa shape index (κ2) is 13.1. The number of nitrogens with two attached hydrogens (primary N) is 1. The number of nitrogen functional groups attached to an aromatic ring is 1. The molecule has 3 aliphatic heterocycles. The number of carbonyl (C=O) groups excluding carboxylic acids is 2. The predicted octanol–water partition coefficient (Wildman–Crippen LogP) is 4.84. The summed E-state index contributed by atoms with van der Waals surface area (Å²) in [6.45, 7) is 5.59. The van der Waals surface area contributed by atoms with Gasteiger partial charge in [0, 0.05) is 54.0 Å². The summed E-state index contributed by atoms with van der Waals surface area (Å²) < 4.78 is 8.40. The average molecular weight is 677 g/mol. The van der Waals surface area contributed by atoms with Crippen LogP contribution in [0.2, 0.25) is 0 Å². The highest BCUT2D eigenvalue weighted by atomic mass is 16.5. The molecule has 8 rings (SSSR count). The van der Waals surface area contributed by atoms with E-state index in [1.165, 1.54) is 5.56 Å². The lowest BCUT2D eigenvalue weighted by atomic mass is 9.68. The normalized spacial score (nSPS) is 24.8. The van der Waals surface area contributed by atoms with Crippen LogP contribution in [0.1, 0.15) is 69.9 Å². The Kier molecular flexibility index (Phi) is 8.42. The van der Waals surface area contributed by atoms with Gasteiger partial charge in [-0.1, -0.05) is 31.2 Å². The predicted molar refractivity (Wildman–Crippen MR) is 190 cm³/mol. The van der Waals surface area contributed by atoms with E-state index in [1.807, 2.05) is 24.4 Å². The highest BCUT2D eigenvalue weighted by molar-refractivity contribution is 6.02. The molecule has 2 saturated heterocycles. The first kappa shape index (κ1) is 32.2. The van der Waals surface area contributed by atoms with E-state index < -0.39 is 0 Å². The SMILES string of the molecule is CC1(c2cccc3c2OCCN3[C@H]2CCC(=O)NC2=O)CCC(N2CCC(n3cc(-c4cc(-c5ccccc5O)nnc4N)cn3)CC2)CC1. The third-order valence-corrected chi connectivity index (χ3v) is 11.5. The van der Waals surface area contributed by atoms with E-state index in [4.69, 9.17) is 15.6 Å². The van der Waals surface area contributed by atoms with Crippen LogP contribution in [0.3, 0.4) is 0 Å². The van der Waals surface area contributed by atoms with Gasteiger partial charge in [0.1, 0.15) is 24.1 Å². The lowest BCUT2D eigenvalue weighted by Crippen LogP contribution is -2.54. The maximum absolute atomic E-state index is 12.7. The molecule has 260 valence electrons. The molecule has 2 amide bonds. The number of fused-ring (bicyclic) bond motifs is 1. The molecule has 3 fully saturated rings. The van der Waals surface area contributed by atoms with Gasteiger partial charge in [-0.05, 0) is 74.6 Å². The zero-order chi connectivity index (χ0) is 34.4. The summed E-state index contributed by atoms with van der Waals surface area (Å²) in [6.07, 6.45) is 11.2. The molecule has 1 saturated carbocycles. The van der Waals surface area contributed by atoms with Crippen LogP contribution < -0.4 is 20.7 Å². The van der Waals surface area contributed by atoms with Gasteiger partial charge in [-0.2, -0.15) is 5.10 Å². The summed E-state index contributed by atoms with van der Waals surface area (Å²) in [5.74, 6) is 0.981. The van der Waals surface area contributed by atoms with Crippen LogP contribution in [0.25, 0.3) is 22.4 Å². The molecular formula is C38H44N8O4. The van der Waals surface area contributed by atoms with Crippen molar-refractivity contribution in [2.24, 2.45) is 0 Å². The lowest BCUT2D eigenvalue weighted by Gasteiger charge is -2.45. The number of rotatable bonds is 6. The van der Waals surface area contributed by atoms with Gasteiger partial charge < -0.3 is 25.4 Å². The van der Waals surface area contributed by atoms with Crippen molar-refractivity contribution in [2.75, 3.05) is 36.9 Å². The molecule has 12 heteroatoms. The number of amides is 2. The molecule has 0 unspecified atom stereocenters. The molecular weight excluding hydrogens is 632 g/mol. The second-order valence-electron chi connectivity index (χ2n) is 14.5. The van der Waals surface area contributed by atoms with E-state index in [2.05, 4.69) is 61.3 Å². The van der Waals surface area contributed by atoms with Crippen LogP contribution in [0.5, 0.6) is 11.5 Å². The Labute approximate surface area is 291 Å². The molecule has 4 aliphatic rings. The van der Waals surface area contributed by atoms with Gasteiger partial charge in [0.15, 0.2) is 5.82 Å². The quantitative estimate of drug-likeness (QED) is 0.242. The van der Waals surface area contributed by atoms with Crippen molar-refractivity contribution < 1.29 is 19.4 Å². The molecule has 50 heavy (non-hydrogen) atoms. The number of likely N-dealkylation sites (tertiary alicyclic amines) is 1. The van der Waals surface area contributed by atoms with Gasteiger partial charge in [0.25, 0.3) is 0 Å². The minimum Gasteiger partial charge on any atom is -0.507 e. The highest BCUT2D eigenvalue weighted by Gasteiger charge is 2.41. The average Bonchev–Trinajstić information content (AvgIpc) is 3.62. The Morgan fingerprint density at radius 3 is 2.52 bits per heavy atom. The number of para-hydroxylation sites is 2. The first-order valence-electron chi connectivity index (χ1n) is 17.8. The number of carbonyl (C=O) groups is 2. The monoisotopic (exact) mass is 676 g/mol. The molecule has 4 N–H and O–H groups in total. The van der Waals surface area contributed by atoms with Crippen molar-refractivity contribution in [1.82, 2.24) is 30.2 Å². The van der Waals surface area contributed by atoms with E-state index in [9.17, 15) is 14.7 Å². The minimum absolute atomic E-state index is 0.0117. The second-order valence-corrected chi connectivity index (χ2v) is 14.5. The summed E-state index contributed by atoms with van der Waals surface area (Å²) >= 11 is 0. The van der Waals surface area contributed by atoms with Crippen LogP contribution >= 0.6 is 0 Å². The number of aromatic hydroxyl groups is 1. The van der Waals surface area contributed by atoms with Gasteiger partial charge >= 0.3 is 0 Å². The fourth-order valence-corrected chi connectivity index (χ4v) is 8.57. The minimum atomic E-state index is -0.348. The maximum atomic E-state index is 12.7. The molecule has 1 atom stereocenters. The largest absolute Gasteiger partial charge is 0.507 e. The van der Waals surface area contributed by atoms with Crippen LogP contribution in [-0.2, 0) is 15.0 Å². The topological polar surface area (TPSA) is 152 Å². The van der Waals surface area contributed by atoms with Crippen LogP contribution in [0.4, 0.5) is 11.5 Å². The van der Waals surface area contributed by atoms with Gasteiger partial charge in [0.2, 0.25) is 11.8 Å². The fourth-order valence-electron chi connectivity index (χ4n) is 8.57. The number of aromatic nitrogens is 4. The Morgan fingerprint density at radius 1 is 0.940 bits per heavy atom. The van der Waals surface area contributed by atoms with Crippen molar-refractivity contribution >= 4 is 23.3 Å². The molecule has 0 spiro atoms. The molecule has 2 aromatic heterocycles. The number of anilines is 2. The number of phenols is 1. The van der Waals surface area contributed by atoms with Crippen LogP contribution in [0.15, 0.2) is 60.9 Å². The highest BCUT2D eigenvalue weighted by Crippen LogP contribution is 2.48. The molecule has 12 nitrogen and oxygen atoms in total. The molecule has 5 heterocycles. The summed E-state index contributed by atoms with van der Waals surface area (Å²) in [6, 6.07) is 15.8. The van der Waals surface area contributed by atoms with E-state index >= 15 is 0 Å². The maximum Gasteiger partial charge on any atom is 0.249 e. The van der Waals surface area contributed by atoms with Gasteiger partial charge in [0.05, 0.1) is 30.2 Å². The molecule has 0 radical (unpaired) electrons. The number of phenolic OH excluding ortho intramolecular Hbond substituents is 1. The number of ether oxygens (including phenoxy) is 1. The number of nitrogens with one attached hydrogen (secondary N) is 1. The fraction of sp³-hybridized carbons (Fsp3) is 0.447. The Morgan fingerprint density at radius 2 is 1.74 bits per heavy atom. The molecule has 1 aliphatic carbocycles. The summed E-state index contributed by atoms with van der Waals surface area (Å²) in [5, 5.41) is 26.0. The van der Waals surface area contributed by atoms with Gasteiger partial charge in [-0.25, -0.2) is 0 Å². The zero-order valence-corrected chi connectivity index (χ0v) is 28.4. The summed E-state index contributed by atoms with van der Waals surface area (Å²) in [5.41, 5.74) is 11.2. The van der Waals surface area contributed by atoms with Gasteiger partial charge in [-0.15, -0.1) is 10.2 Å². The van der Waals surface area contributed by atoms with Crippen molar-refractivity contribution in [2.45, 2.75) is 81.8 Å². The van der Waals surface area contributed by atoms with Crippen molar-refractivity contribution in [3.8, 4) is 33.9 Å². The number of hydrogen-bond donors (Lipinski definition) is 3. The smallest absolute Gasteiger partial charge is 0.249 e. The van der Waals surface area contributed by atoms with E-state index in [0.717, 1.165) is 74.2 Å². The number of benzene rings is 2. The lowest BCUT2D eigenvalue weighted by molar-refractivity contribution is -0.134. The Hall–Kier alpha value is -4.97. The van der Waals surface area contributed by atoms with Crippen LogP contribution in [0, 0.1) is 0 Å². The number of hydrogen-bond acceptors (Lipinski definition) is 10. The zero-order valence-electron chi connectivity index (χ0n) is 28.4. The van der Waals surface area contributed by atoms with Gasteiger partial charge in [-0.3, -0.25) is 19.6 Å². The number of piperidine rings is 2. The third kappa shape index (κ3) is 5.95. The summed E-state index contributed by atoms with van der Waals surface area (Å²) in [4.78, 5) is 29.4. The van der Waals surface area contributed by atoms with E-state index in [1.54, 1.807) is 12.1 Å². The number of nitrogens with zero attached hydrogens (tertiary/aromatic N) is 6. The molecule has 2 aromatic carbocycles. The first-order chi connectivity index (χ1) is 24.3. The number of imide groups is 1. The third-order valence-electron chi connectivity index (χ3n) is 11.5. The Balaban J connectivity index is 0.901. The van der Waals surface area contributed by atoms with E-state index in [-0.39, 0.29) is 29.0 Å². The molecule has 4 aromatic rings.